The second-order valence-corrected chi connectivity index (χ2v) is 6.61. The van der Waals surface area contributed by atoms with E-state index >= 15 is 0 Å². The molecule has 0 saturated carbocycles. The van der Waals surface area contributed by atoms with Crippen molar-refractivity contribution in [2.24, 2.45) is 0 Å². The topological polar surface area (TPSA) is 41.5 Å². The molecule has 0 spiro atoms. The standard InChI is InChI=1S/C18H20BNO2S/c1-12(9-14-7-8-23-11-14)20-18-16-6-4-3-5-15(16)17(22-19-18)10-13(2)21/h3-8,11,17-21H,1-2,9-10H2. The zero-order valence-corrected chi connectivity index (χ0v) is 13.8. The van der Waals surface area contributed by atoms with Crippen LogP contribution in [0.4, 0.5) is 0 Å². The molecular formula is C18H20BNO2S. The smallest absolute Gasteiger partial charge is 0.302 e. The summed E-state index contributed by atoms with van der Waals surface area (Å²) in [4.78, 5) is 0. The molecule has 3 rings (SSSR count). The van der Waals surface area contributed by atoms with E-state index < -0.39 is 0 Å². The molecule has 23 heavy (non-hydrogen) atoms. The average Bonchev–Trinajstić information content (AvgIpc) is 3.02. The van der Waals surface area contributed by atoms with Crippen LogP contribution in [0.25, 0.3) is 0 Å². The summed E-state index contributed by atoms with van der Waals surface area (Å²) in [5, 5.41) is 17.2. The lowest BCUT2D eigenvalue weighted by atomic mass is 9.74. The Morgan fingerprint density at radius 2 is 2.04 bits per heavy atom. The van der Waals surface area contributed by atoms with Crippen LogP contribution >= 0.6 is 11.3 Å². The minimum atomic E-state index is -0.133. The van der Waals surface area contributed by atoms with Crippen molar-refractivity contribution >= 4 is 18.8 Å². The number of aliphatic hydroxyl groups is 1. The lowest BCUT2D eigenvalue weighted by Gasteiger charge is -2.32. The molecule has 118 valence electrons. The van der Waals surface area contributed by atoms with Crippen LogP contribution in [0.2, 0.25) is 0 Å². The van der Waals surface area contributed by atoms with Crippen molar-refractivity contribution in [2.45, 2.75) is 24.9 Å². The number of thiophene rings is 1. The Morgan fingerprint density at radius 1 is 1.26 bits per heavy atom. The highest BCUT2D eigenvalue weighted by Crippen LogP contribution is 2.35. The van der Waals surface area contributed by atoms with E-state index in [1.54, 1.807) is 11.3 Å². The fourth-order valence-electron chi connectivity index (χ4n) is 2.95. The molecule has 0 aliphatic carbocycles. The number of aliphatic hydroxyl groups excluding tert-OH is 1. The third kappa shape index (κ3) is 3.87. The largest absolute Gasteiger partial charge is 0.513 e. The van der Waals surface area contributed by atoms with E-state index in [4.69, 9.17) is 4.65 Å². The number of fused-ring (bicyclic) bond motifs is 1. The highest BCUT2D eigenvalue weighted by molar-refractivity contribution is 7.07. The number of hydrogen-bond donors (Lipinski definition) is 2. The van der Waals surface area contributed by atoms with E-state index in [0.29, 0.717) is 13.9 Å². The summed E-state index contributed by atoms with van der Waals surface area (Å²) in [5.41, 5.74) is 4.56. The second-order valence-electron chi connectivity index (χ2n) is 5.83. The van der Waals surface area contributed by atoms with Gasteiger partial charge >= 0.3 is 7.48 Å². The van der Waals surface area contributed by atoms with Gasteiger partial charge in [-0.05, 0) is 33.5 Å². The maximum Gasteiger partial charge on any atom is 0.302 e. The molecule has 1 aromatic carbocycles. The molecule has 2 unspecified atom stereocenters. The minimum absolute atomic E-state index is 0.0838. The van der Waals surface area contributed by atoms with Crippen molar-refractivity contribution in [3.63, 3.8) is 0 Å². The third-order valence-corrected chi connectivity index (χ3v) is 4.71. The van der Waals surface area contributed by atoms with Gasteiger partial charge in [0.05, 0.1) is 17.8 Å². The highest BCUT2D eigenvalue weighted by atomic mass is 32.1. The molecule has 1 aliphatic heterocycles. The summed E-state index contributed by atoms with van der Waals surface area (Å²) >= 11 is 1.70. The van der Waals surface area contributed by atoms with Crippen LogP contribution in [0, 0.1) is 0 Å². The third-order valence-electron chi connectivity index (χ3n) is 3.98. The average molecular weight is 325 g/mol. The minimum Gasteiger partial charge on any atom is -0.513 e. The summed E-state index contributed by atoms with van der Waals surface area (Å²) in [5.74, 6) is 0.235. The van der Waals surface area contributed by atoms with Crippen molar-refractivity contribution in [3.05, 3.63) is 82.4 Å². The van der Waals surface area contributed by atoms with Gasteiger partial charge in [0.15, 0.2) is 0 Å². The van der Waals surface area contributed by atoms with Gasteiger partial charge in [-0.2, -0.15) is 11.3 Å². The van der Waals surface area contributed by atoms with Gasteiger partial charge < -0.3 is 15.1 Å². The Hall–Kier alpha value is -1.98. The molecule has 0 saturated heterocycles. The van der Waals surface area contributed by atoms with Crippen molar-refractivity contribution in [1.82, 2.24) is 5.32 Å². The summed E-state index contributed by atoms with van der Waals surface area (Å²) < 4.78 is 5.94. The molecule has 2 aromatic rings. The first kappa shape index (κ1) is 15.9. The molecule has 2 N–H and O–H groups in total. The van der Waals surface area contributed by atoms with E-state index in [1.165, 1.54) is 11.1 Å². The molecule has 0 bridgehead atoms. The number of rotatable bonds is 6. The van der Waals surface area contributed by atoms with Crippen LogP contribution in [0.5, 0.6) is 0 Å². The monoisotopic (exact) mass is 325 g/mol. The van der Waals surface area contributed by atoms with Crippen LogP contribution in [-0.4, -0.2) is 12.6 Å². The highest BCUT2D eigenvalue weighted by Gasteiger charge is 2.29. The molecule has 0 amide bonds. The van der Waals surface area contributed by atoms with Gasteiger partial charge in [-0.3, -0.25) is 0 Å². The first-order valence-electron chi connectivity index (χ1n) is 7.66. The van der Waals surface area contributed by atoms with Crippen LogP contribution in [0.1, 0.15) is 35.2 Å². The molecule has 2 atom stereocenters. The Labute approximate surface area is 141 Å². The Bertz CT molecular complexity index is 699. The summed E-state index contributed by atoms with van der Waals surface area (Å²) in [6, 6.07) is 10.3. The summed E-state index contributed by atoms with van der Waals surface area (Å²) in [6.45, 7) is 7.73. The molecule has 1 aromatic heterocycles. The number of hydrogen-bond acceptors (Lipinski definition) is 4. The van der Waals surface area contributed by atoms with Gasteiger partial charge in [0.1, 0.15) is 0 Å². The van der Waals surface area contributed by atoms with Gasteiger partial charge in [0.25, 0.3) is 0 Å². The Balaban J connectivity index is 1.73. The van der Waals surface area contributed by atoms with Gasteiger partial charge in [-0.15, -0.1) is 0 Å². The molecule has 2 heterocycles. The van der Waals surface area contributed by atoms with E-state index in [2.05, 4.69) is 47.4 Å². The SMILES string of the molecule is C=C(O)CC1OBC(NC(=C)Cc2ccsc2)c2ccccc21. The van der Waals surface area contributed by atoms with Gasteiger partial charge in [0, 0.05) is 18.5 Å². The Morgan fingerprint density at radius 3 is 2.74 bits per heavy atom. The fourth-order valence-corrected chi connectivity index (χ4v) is 3.62. The Kier molecular flexibility index (Phi) is 4.89. The zero-order valence-electron chi connectivity index (χ0n) is 13.0. The van der Waals surface area contributed by atoms with Gasteiger partial charge in [0.2, 0.25) is 0 Å². The molecular weight excluding hydrogens is 305 g/mol. The van der Waals surface area contributed by atoms with Gasteiger partial charge in [-0.25, -0.2) is 0 Å². The number of benzene rings is 1. The lowest BCUT2D eigenvalue weighted by Crippen LogP contribution is -2.34. The normalized spacial score (nSPS) is 19.5. The maximum atomic E-state index is 9.48. The second kappa shape index (κ2) is 7.07. The first-order valence-corrected chi connectivity index (χ1v) is 8.60. The van der Waals surface area contributed by atoms with Crippen molar-refractivity contribution in [1.29, 1.82) is 0 Å². The van der Waals surface area contributed by atoms with Crippen LogP contribution in [-0.2, 0) is 11.1 Å². The van der Waals surface area contributed by atoms with E-state index in [-0.39, 0.29) is 17.8 Å². The zero-order chi connectivity index (χ0) is 16.2. The van der Waals surface area contributed by atoms with Gasteiger partial charge in [-0.1, -0.05) is 37.4 Å². The maximum absolute atomic E-state index is 9.48. The fraction of sp³-hybridized carbons (Fsp3) is 0.222. The molecule has 1 aliphatic rings. The summed E-state index contributed by atoms with van der Waals surface area (Å²) in [6.07, 6.45) is 1.12. The molecule has 0 radical (unpaired) electrons. The molecule has 5 heteroatoms. The van der Waals surface area contributed by atoms with E-state index in [9.17, 15) is 5.11 Å². The number of nitrogens with one attached hydrogen (secondary N) is 1. The van der Waals surface area contributed by atoms with Crippen molar-refractivity contribution in [3.8, 4) is 0 Å². The van der Waals surface area contributed by atoms with Crippen LogP contribution in [0.3, 0.4) is 0 Å². The van der Waals surface area contributed by atoms with Crippen LogP contribution < -0.4 is 5.32 Å². The van der Waals surface area contributed by atoms with E-state index in [1.807, 2.05) is 12.1 Å². The van der Waals surface area contributed by atoms with E-state index in [0.717, 1.165) is 17.7 Å². The summed E-state index contributed by atoms with van der Waals surface area (Å²) in [7, 11) is 0.553. The van der Waals surface area contributed by atoms with Crippen LogP contribution in [0.15, 0.2) is 65.7 Å². The predicted molar refractivity (Wildman–Crippen MR) is 96.8 cm³/mol. The van der Waals surface area contributed by atoms with Crippen molar-refractivity contribution in [2.75, 3.05) is 0 Å². The molecule has 0 fully saturated rings. The predicted octanol–water partition coefficient (Wildman–Crippen LogP) is 3.98. The van der Waals surface area contributed by atoms with Crippen molar-refractivity contribution < 1.29 is 9.76 Å². The first-order chi connectivity index (χ1) is 11.1. The lowest BCUT2D eigenvalue weighted by molar-refractivity contribution is 0.181. The molecule has 3 nitrogen and oxygen atoms in total. The quantitative estimate of drug-likeness (QED) is 0.623. The number of allylic oxidation sites excluding steroid dienone is 1.